The Morgan fingerprint density at radius 3 is 2.74 bits per heavy atom. The Labute approximate surface area is 158 Å². The minimum Gasteiger partial charge on any atom is -0.497 e. The van der Waals surface area contributed by atoms with E-state index < -0.39 is 9.52 Å². The van der Waals surface area contributed by atoms with Crippen LogP contribution in [-0.2, 0) is 9.52 Å². The summed E-state index contributed by atoms with van der Waals surface area (Å²) in [6.07, 6.45) is 6.05. The number of methoxy groups -OCH3 is 1. The Kier molecular flexibility index (Phi) is 4.47. The normalized spacial score (nSPS) is 21.9. The van der Waals surface area contributed by atoms with Gasteiger partial charge in [-0.05, 0) is 58.9 Å². The quantitative estimate of drug-likeness (QED) is 0.669. The van der Waals surface area contributed by atoms with E-state index in [-0.39, 0.29) is 11.3 Å². The van der Waals surface area contributed by atoms with Crippen LogP contribution in [0.25, 0.3) is 16.9 Å². The van der Waals surface area contributed by atoms with E-state index in [1.807, 2.05) is 24.3 Å². The predicted molar refractivity (Wildman–Crippen MR) is 107 cm³/mol. The number of aromatic nitrogens is 5. The molecule has 0 aliphatic heterocycles. The van der Waals surface area contributed by atoms with Gasteiger partial charge in [-0.2, -0.15) is 9.67 Å². The van der Waals surface area contributed by atoms with Crippen molar-refractivity contribution in [3.8, 4) is 11.4 Å². The molecule has 1 aliphatic carbocycles. The fourth-order valence-electron chi connectivity index (χ4n) is 3.40. The van der Waals surface area contributed by atoms with E-state index >= 15 is 0 Å². The predicted octanol–water partition coefficient (Wildman–Crippen LogP) is 1.90. The lowest BCUT2D eigenvalue weighted by Crippen LogP contribution is -2.21. The van der Waals surface area contributed by atoms with Crippen molar-refractivity contribution in [3.63, 3.8) is 0 Å². The molecule has 0 saturated heterocycles. The highest BCUT2D eigenvalue weighted by Gasteiger charge is 2.29. The zero-order chi connectivity index (χ0) is 19.0. The first-order chi connectivity index (χ1) is 12.9. The maximum Gasteiger partial charge on any atom is 0.225 e. The van der Waals surface area contributed by atoms with Crippen LogP contribution in [0, 0.1) is 0 Å². The zero-order valence-corrected chi connectivity index (χ0v) is 16.1. The van der Waals surface area contributed by atoms with Crippen LogP contribution in [-0.4, -0.2) is 59.7 Å². The summed E-state index contributed by atoms with van der Waals surface area (Å²) in [7, 11) is -0.388. The average molecular weight is 386 g/mol. The van der Waals surface area contributed by atoms with Crippen LogP contribution >= 0.6 is 0 Å². The molecule has 1 saturated carbocycles. The molecule has 2 aromatic heterocycles. The van der Waals surface area contributed by atoms with Gasteiger partial charge >= 0.3 is 0 Å². The molecule has 8 nitrogen and oxygen atoms in total. The van der Waals surface area contributed by atoms with Crippen LogP contribution < -0.4 is 10.1 Å². The summed E-state index contributed by atoms with van der Waals surface area (Å²) in [6.45, 7) is 0. The second-order valence-electron chi connectivity index (χ2n) is 6.95. The topological polar surface area (TPSA) is 94.8 Å². The smallest absolute Gasteiger partial charge is 0.225 e. The molecule has 1 N–H and O–H groups in total. The highest BCUT2D eigenvalue weighted by atomic mass is 32.2. The molecular formula is C18H22N6O2S. The second-order valence-corrected chi connectivity index (χ2v) is 9.76. The van der Waals surface area contributed by atoms with E-state index in [0.717, 1.165) is 30.7 Å². The summed E-state index contributed by atoms with van der Waals surface area (Å²) in [5.74, 6) is 5.12. The summed E-state index contributed by atoms with van der Waals surface area (Å²) < 4.78 is 19.0. The second kappa shape index (κ2) is 6.80. The van der Waals surface area contributed by atoms with Gasteiger partial charge in [0.15, 0.2) is 11.2 Å². The van der Waals surface area contributed by atoms with Gasteiger partial charge in [0.2, 0.25) is 5.95 Å². The Morgan fingerprint density at radius 1 is 1.30 bits per heavy atom. The van der Waals surface area contributed by atoms with Crippen LogP contribution in [0.3, 0.4) is 0 Å². The third-order valence-corrected chi connectivity index (χ3v) is 6.77. The third kappa shape index (κ3) is 3.59. The summed E-state index contributed by atoms with van der Waals surface area (Å²) >= 11 is 0. The van der Waals surface area contributed by atoms with Gasteiger partial charge in [0.1, 0.15) is 5.75 Å². The minimum atomic E-state index is -2.02. The first-order valence-electron chi connectivity index (χ1n) is 8.74. The monoisotopic (exact) mass is 386 g/mol. The number of fused-ring (bicyclic) bond motifs is 1. The number of hydrogen-bond donors (Lipinski definition) is 1. The van der Waals surface area contributed by atoms with Crippen molar-refractivity contribution in [2.45, 2.75) is 30.6 Å². The van der Waals surface area contributed by atoms with E-state index in [1.54, 1.807) is 24.2 Å². The van der Waals surface area contributed by atoms with Gasteiger partial charge in [0, 0.05) is 17.5 Å². The highest BCUT2D eigenvalue weighted by molar-refractivity contribution is 8.00. The van der Waals surface area contributed by atoms with E-state index in [9.17, 15) is 4.21 Å². The fraction of sp³-hybridized carbons (Fsp3) is 0.389. The van der Waals surface area contributed by atoms with Crippen LogP contribution in [0.4, 0.5) is 5.95 Å². The number of anilines is 1. The molecule has 1 aliphatic rings. The molecule has 4 rings (SSSR count). The number of benzene rings is 1. The van der Waals surface area contributed by atoms with Gasteiger partial charge in [0.25, 0.3) is 0 Å². The molecule has 0 bridgehead atoms. The molecule has 2 heterocycles. The Morgan fingerprint density at radius 2 is 2.07 bits per heavy atom. The van der Waals surface area contributed by atoms with Crippen molar-refractivity contribution in [1.82, 2.24) is 25.0 Å². The molecule has 1 aromatic carbocycles. The number of rotatable bonds is 5. The largest absolute Gasteiger partial charge is 0.497 e. The van der Waals surface area contributed by atoms with Crippen LogP contribution in [0.2, 0.25) is 0 Å². The molecule has 1 unspecified atom stereocenters. The summed E-state index contributed by atoms with van der Waals surface area (Å²) in [5.41, 5.74) is 2.09. The van der Waals surface area contributed by atoms with E-state index in [0.29, 0.717) is 17.1 Å². The van der Waals surface area contributed by atoms with Gasteiger partial charge in [0.05, 0.1) is 19.0 Å². The molecule has 142 valence electrons. The van der Waals surface area contributed by atoms with Crippen molar-refractivity contribution < 1.29 is 8.95 Å². The Hall–Kier alpha value is -2.68. The maximum atomic E-state index is 12.2. The van der Waals surface area contributed by atoms with Crippen molar-refractivity contribution in [2.75, 3.05) is 18.7 Å². The van der Waals surface area contributed by atoms with Crippen LogP contribution in [0.5, 0.6) is 5.75 Å². The lowest BCUT2D eigenvalue weighted by atomic mass is 10.2. The third-order valence-electron chi connectivity index (χ3n) is 4.93. The lowest BCUT2D eigenvalue weighted by molar-refractivity contribution is 0.414. The number of nitrogens with zero attached hydrogens (tertiary/aromatic N) is 5. The van der Waals surface area contributed by atoms with Crippen LogP contribution in [0.1, 0.15) is 19.3 Å². The number of nitrogens with one attached hydrogen (secondary N) is 1. The molecule has 3 aromatic rings. The molecule has 0 radical (unpaired) electrons. The molecule has 27 heavy (non-hydrogen) atoms. The van der Waals surface area contributed by atoms with Gasteiger partial charge in [-0.1, -0.05) is 5.21 Å². The zero-order valence-electron chi connectivity index (χ0n) is 15.3. The molecule has 3 atom stereocenters. The molecule has 0 amide bonds. The molecular weight excluding hydrogens is 364 g/mol. The first-order valence-corrected chi connectivity index (χ1v) is 10.9. The first kappa shape index (κ1) is 17.7. The molecule has 0 spiro atoms. The van der Waals surface area contributed by atoms with Crippen molar-refractivity contribution >= 4 is 32.5 Å². The van der Waals surface area contributed by atoms with Gasteiger partial charge in [-0.15, -0.1) is 5.10 Å². The summed E-state index contributed by atoms with van der Waals surface area (Å²) in [4.78, 5) is 8.95. The SMILES string of the molecule is C=S(C)(=O)[C@H]1CC[C@@H](Nc2ncc3nnn(-c4ccc(OC)cc4)c3n2)C1. The van der Waals surface area contributed by atoms with Crippen LogP contribution in [0.15, 0.2) is 30.5 Å². The van der Waals surface area contributed by atoms with Gasteiger partial charge in [-0.3, -0.25) is 4.21 Å². The fourth-order valence-corrected chi connectivity index (χ4v) is 4.68. The van der Waals surface area contributed by atoms with Crippen molar-refractivity contribution in [3.05, 3.63) is 30.5 Å². The molecule has 9 heteroatoms. The summed E-state index contributed by atoms with van der Waals surface area (Å²) in [5, 5.41) is 11.8. The minimum absolute atomic E-state index is 0.144. The lowest BCUT2D eigenvalue weighted by Gasteiger charge is -2.14. The summed E-state index contributed by atoms with van der Waals surface area (Å²) in [6, 6.07) is 7.72. The van der Waals surface area contributed by atoms with Gasteiger partial charge in [-0.25, -0.2) is 4.98 Å². The Bertz CT molecular complexity index is 1060. The van der Waals surface area contributed by atoms with E-state index in [1.165, 1.54) is 0 Å². The average Bonchev–Trinajstić information content (AvgIpc) is 3.28. The van der Waals surface area contributed by atoms with Crippen molar-refractivity contribution in [1.29, 1.82) is 0 Å². The number of ether oxygens (including phenoxy) is 1. The highest BCUT2D eigenvalue weighted by Crippen LogP contribution is 2.27. The maximum absolute atomic E-state index is 12.2. The van der Waals surface area contributed by atoms with E-state index in [2.05, 4.69) is 31.5 Å². The van der Waals surface area contributed by atoms with Gasteiger partial charge < -0.3 is 10.1 Å². The Balaban J connectivity index is 1.58. The van der Waals surface area contributed by atoms with E-state index in [4.69, 9.17) is 4.74 Å². The number of hydrogen-bond acceptors (Lipinski definition) is 7. The van der Waals surface area contributed by atoms with Crippen molar-refractivity contribution in [2.24, 2.45) is 0 Å². The molecule has 1 fully saturated rings. The standard InChI is InChI=1S/C18H22N6O2S/c1-26-14-7-5-13(6-8-14)24-17-16(22-23-24)11-19-18(21-17)20-12-4-9-15(10-12)27(2,3)25/h5-8,11-12,15H,2,4,9-10H2,1,3H3,(H,19,20,21)/t12-,15+,27?/m1/s1.